The molecule has 2 N–H and O–H groups in total. The quantitative estimate of drug-likeness (QED) is 0.0745. The van der Waals surface area contributed by atoms with Crippen molar-refractivity contribution in [1.29, 1.82) is 0 Å². The van der Waals surface area contributed by atoms with E-state index in [1.807, 2.05) is 98.5 Å². The second kappa shape index (κ2) is 26.5. The van der Waals surface area contributed by atoms with Gasteiger partial charge < -0.3 is 71.8 Å². The van der Waals surface area contributed by atoms with Gasteiger partial charge in [-0.15, -0.1) is 0 Å². The van der Waals surface area contributed by atoms with E-state index in [9.17, 15) is 34.2 Å². The van der Waals surface area contributed by atoms with Crippen LogP contribution in [-0.4, -0.2) is 187 Å². The summed E-state index contributed by atoms with van der Waals surface area (Å²) in [6, 6.07) is 4.71. The molecule has 4 fully saturated rings. The van der Waals surface area contributed by atoms with Crippen LogP contribution in [0, 0.1) is 17.8 Å². The van der Waals surface area contributed by atoms with E-state index >= 15 is 0 Å². The summed E-state index contributed by atoms with van der Waals surface area (Å²) in [4.78, 5) is 69.4. The monoisotopic (exact) mass is 1120 g/mol. The predicted molar refractivity (Wildman–Crippen MR) is 290 cm³/mol. The highest BCUT2D eigenvalue weighted by molar-refractivity contribution is 5.92. The lowest BCUT2D eigenvalue weighted by Crippen LogP contribution is -2.61. The van der Waals surface area contributed by atoms with Gasteiger partial charge in [-0.05, 0) is 132 Å². The highest BCUT2D eigenvalue weighted by Crippen LogP contribution is 2.43. The Morgan fingerprint density at radius 2 is 1.65 bits per heavy atom. The Balaban J connectivity index is 1.25. The molecule has 79 heavy (non-hydrogen) atoms. The Morgan fingerprint density at radius 3 is 2.28 bits per heavy atom. The lowest BCUT2D eigenvalue weighted by atomic mass is 9.77. The van der Waals surface area contributed by atoms with Crippen molar-refractivity contribution < 1.29 is 81.5 Å². The third-order valence-corrected chi connectivity index (χ3v) is 16.7. The third-order valence-electron chi connectivity index (χ3n) is 16.7. The number of fused-ring (bicyclic) bond motifs is 2. The molecule has 0 saturated carbocycles. The number of allylic oxidation sites excluding steroid dienone is 1. The van der Waals surface area contributed by atoms with E-state index in [0.717, 1.165) is 5.56 Å². The number of carbonyl (C=O) groups excluding carboxylic acids is 3. The first-order chi connectivity index (χ1) is 37.1. The van der Waals surface area contributed by atoms with Crippen molar-refractivity contribution in [2.45, 2.75) is 212 Å². The van der Waals surface area contributed by atoms with Crippen molar-refractivity contribution in [3.63, 3.8) is 0 Å². The first-order valence-electron chi connectivity index (χ1n) is 27.9. The van der Waals surface area contributed by atoms with Crippen molar-refractivity contribution in [1.82, 2.24) is 14.4 Å². The van der Waals surface area contributed by atoms with Crippen molar-refractivity contribution >= 4 is 35.0 Å². The first kappa shape index (κ1) is 63.5. The van der Waals surface area contributed by atoms with Crippen molar-refractivity contribution in [2.75, 3.05) is 48.0 Å². The van der Waals surface area contributed by atoms with E-state index in [4.69, 9.17) is 52.1 Å². The van der Waals surface area contributed by atoms with Crippen LogP contribution < -0.4 is 5.43 Å². The van der Waals surface area contributed by atoms with Crippen LogP contribution in [0.25, 0.3) is 10.9 Å². The van der Waals surface area contributed by atoms with Gasteiger partial charge in [0.25, 0.3) is 0 Å². The number of hydrogen-bond acceptors (Lipinski definition) is 19. The number of hydrogen-bond donors (Lipinski definition) is 2. The van der Waals surface area contributed by atoms with E-state index in [0.29, 0.717) is 36.8 Å². The Morgan fingerprint density at radius 1 is 0.937 bits per heavy atom. The zero-order chi connectivity index (χ0) is 58.5. The van der Waals surface area contributed by atoms with Gasteiger partial charge in [-0.2, -0.15) is 0 Å². The molecule has 5 heterocycles. The number of aryl methyl sites for hydroxylation is 1. The maximum Gasteiger partial charge on any atom is 0.509 e. The SMILES string of the molecule is CC[C@H]1OC(=O)[C@H](C)[C@@H](O[C@H]2C[C@@](C)(OC)[C@@H](OCCOC=CCc3ccc4c(c3)c(=O)c(C(=O)O)cn4CC)[C@H](C)O2)[C@H](C)[C@@H](O[C@@H]2O[C@H](C)C[C@H](N(C)C)[C@H]2OC(C)=O)[C@](C)(O)C[C@@H](C)CN(C)[C@H](C)[C@H]2OC(=O)O[C@@]21C. The van der Waals surface area contributed by atoms with Gasteiger partial charge in [0.1, 0.15) is 24.4 Å². The maximum atomic E-state index is 14.9. The number of rotatable bonds is 17. The minimum atomic E-state index is -1.64. The highest BCUT2D eigenvalue weighted by Gasteiger charge is 2.58. The number of benzene rings is 1. The number of esters is 2. The zero-order valence-corrected chi connectivity index (χ0v) is 49.3. The van der Waals surface area contributed by atoms with E-state index in [1.165, 1.54) is 13.1 Å². The van der Waals surface area contributed by atoms with E-state index in [2.05, 4.69) is 0 Å². The molecule has 4 saturated heterocycles. The Kier molecular flexibility index (Phi) is 21.3. The van der Waals surface area contributed by atoms with E-state index < -0.39 is 119 Å². The Hall–Kier alpha value is -4.71. The molecule has 0 radical (unpaired) electrons. The van der Waals surface area contributed by atoms with Crippen molar-refractivity contribution in [2.24, 2.45) is 17.8 Å². The van der Waals surface area contributed by atoms with E-state index in [1.54, 1.807) is 50.9 Å². The second-order valence-electron chi connectivity index (χ2n) is 23.3. The normalized spacial score (nSPS) is 37.2. The highest BCUT2D eigenvalue weighted by atomic mass is 16.8. The van der Waals surface area contributed by atoms with Crippen LogP contribution in [0.4, 0.5) is 4.79 Å². The molecule has 1 aromatic carbocycles. The average molecular weight is 1120 g/mol. The summed E-state index contributed by atoms with van der Waals surface area (Å²) >= 11 is 0. The fraction of sp³-hybridized carbons (Fsp3) is 0.741. The molecule has 444 valence electrons. The van der Waals surface area contributed by atoms with Crippen LogP contribution in [0.1, 0.15) is 125 Å². The summed E-state index contributed by atoms with van der Waals surface area (Å²) in [5, 5.41) is 23.0. The van der Waals surface area contributed by atoms with Crippen LogP contribution in [0.3, 0.4) is 0 Å². The number of carbonyl (C=O) groups is 4. The van der Waals surface area contributed by atoms with Crippen molar-refractivity contribution in [3.8, 4) is 0 Å². The van der Waals surface area contributed by atoms with Gasteiger partial charge in [-0.25, -0.2) is 9.59 Å². The number of cyclic esters (lactones) is 1. The van der Waals surface area contributed by atoms with Gasteiger partial charge in [0.05, 0.1) is 66.0 Å². The molecule has 0 unspecified atom stereocenters. The van der Waals surface area contributed by atoms with Crippen LogP contribution in [0.15, 0.2) is 41.5 Å². The molecule has 0 amide bonds. The fourth-order valence-corrected chi connectivity index (χ4v) is 12.5. The van der Waals surface area contributed by atoms with Gasteiger partial charge in [0, 0.05) is 57.1 Å². The number of pyridine rings is 1. The molecular formula is C58H89N3O18. The molecule has 0 spiro atoms. The summed E-state index contributed by atoms with van der Waals surface area (Å²) in [5.74, 6) is -4.53. The molecule has 18 atom stereocenters. The number of aromatic carboxylic acids is 1. The van der Waals surface area contributed by atoms with E-state index in [-0.39, 0.29) is 56.1 Å². The molecule has 21 heteroatoms. The third kappa shape index (κ3) is 14.5. The number of aromatic nitrogens is 1. The summed E-state index contributed by atoms with van der Waals surface area (Å²) in [6.45, 7) is 22.9. The molecule has 2 aromatic rings. The van der Waals surface area contributed by atoms with Gasteiger partial charge >= 0.3 is 24.1 Å². The minimum Gasteiger partial charge on any atom is -0.499 e. The Labute approximate surface area is 465 Å². The molecule has 4 aliphatic heterocycles. The van der Waals surface area contributed by atoms with Crippen LogP contribution in [-0.2, 0) is 74.7 Å². The molecule has 4 aliphatic rings. The molecule has 0 bridgehead atoms. The lowest BCUT2D eigenvalue weighted by Gasteiger charge is -2.49. The summed E-state index contributed by atoms with van der Waals surface area (Å²) < 4.78 is 71.5. The van der Waals surface area contributed by atoms with Gasteiger partial charge in [0.2, 0.25) is 5.43 Å². The molecule has 21 nitrogen and oxygen atoms in total. The number of aliphatic hydroxyl groups is 1. The fourth-order valence-electron chi connectivity index (χ4n) is 12.5. The smallest absolute Gasteiger partial charge is 0.499 e. The molecule has 6 rings (SSSR count). The summed E-state index contributed by atoms with van der Waals surface area (Å²) in [5.41, 5.74) is -3.35. The largest absolute Gasteiger partial charge is 0.509 e. The minimum absolute atomic E-state index is 0.142. The second-order valence-corrected chi connectivity index (χ2v) is 23.3. The Bertz CT molecular complexity index is 2520. The summed E-state index contributed by atoms with van der Waals surface area (Å²) in [6.07, 6.45) is -3.11. The maximum absolute atomic E-state index is 14.9. The number of nitrogens with zero attached hydrogens (tertiary/aromatic N) is 3. The number of carboxylic acid groups (broad SMARTS) is 1. The average Bonchev–Trinajstić information content (AvgIpc) is 3.73. The number of carboxylic acids is 1. The van der Waals surface area contributed by atoms with Crippen molar-refractivity contribution in [3.05, 3.63) is 58.1 Å². The lowest BCUT2D eigenvalue weighted by molar-refractivity contribution is -0.321. The zero-order valence-electron chi connectivity index (χ0n) is 49.3. The first-order valence-corrected chi connectivity index (χ1v) is 27.9. The summed E-state index contributed by atoms with van der Waals surface area (Å²) in [7, 11) is 7.27. The number of methoxy groups -OCH3 is 1. The number of likely N-dealkylation sites (N-methyl/N-ethyl adjacent to an activating group) is 2. The van der Waals surface area contributed by atoms with Crippen LogP contribution in [0.5, 0.6) is 0 Å². The topological polar surface area (TPSA) is 239 Å². The van der Waals surface area contributed by atoms with Gasteiger partial charge in [-0.1, -0.05) is 26.8 Å². The number of ether oxygens (including phenoxy) is 11. The van der Waals surface area contributed by atoms with Gasteiger partial charge in [-0.3, -0.25) is 19.3 Å². The molecule has 0 aliphatic carbocycles. The molecule has 1 aromatic heterocycles. The predicted octanol–water partition coefficient (Wildman–Crippen LogP) is 6.48. The molecular weight excluding hydrogens is 1030 g/mol. The van der Waals surface area contributed by atoms with Gasteiger partial charge in [0.15, 0.2) is 30.4 Å². The van der Waals surface area contributed by atoms with Crippen LogP contribution >= 0.6 is 0 Å². The standard InChI is InChI=1S/C58H89N3O18/c1-17-44-58(12)50(78-55(67)79-58)36(7)60(15)30-32(3)28-56(10,68)49(77-54-48(74-38(9)62)43(59(13)14)26-33(4)72-54)34(5)47(35(6)53(66)75-44)76-45-29-57(11,69-16)51(37(8)73-45)71-25-24-70-23-19-20-39-21-22-42-40(27-39)46(63)41(52(64)65)31-61(42)18-2/h19,21-23,27,31-37,43-45,47-51,54,68H,17-18,20,24-26,28-30H2,1-16H3,(H,64,65)/t32-,33-,34+,35-,36-,37+,43+,44-,45+,47+,48-,49-,50-,51+,54+,56-,57-,58-/m1/s1. The van der Waals surface area contributed by atoms with Crippen LogP contribution in [0.2, 0.25) is 0 Å².